The van der Waals surface area contributed by atoms with E-state index in [1.165, 1.54) is 11.3 Å². The summed E-state index contributed by atoms with van der Waals surface area (Å²) in [6, 6.07) is 12.0. The summed E-state index contributed by atoms with van der Waals surface area (Å²) in [7, 11) is 1.60. The molecule has 3 aromatic rings. The second kappa shape index (κ2) is 9.90. The zero-order valence-electron chi connectivity index (χ0n) is 19.0. The molecule has 0 saturated carbocycles. The van der Waals surface area contributed by atoms with Crippen LogP contribution in [0.4, 0.5) is 0 Å². The molecule has 0 saturated heterocycles. The van der Waals surface area contributed by atoms with Gasteiger partial charge in [0.1, 0.15) is 5.75 Å². The van der Waals surface area contributed by atoms with Crippen molar-refractivity contribution in [2.45, 2.75) is 32.9 Å². The zero-order chi connectivity index (χ0) is 24.6. The van der Waals surface area contributed by atoms with Gasteiger partial charge in [0.15, 0.2) is 4.80 Å². The van der Waals surface area contributed by atoms with E-state index < -0.39 is 12.0 Å². The molecule has 1 unspecified atom stereocenters. The molecule has 1 aliphatic heterocycles. The predicted octanol–water partition coefficient (Wildman–Crippen LogP) is 4.61. The van der Waals surface area contributed by atoms with Crippen LogP contribution in [0.5, 0.6) is 5.75 Å². The quantitative estimate of drug-likeness (QED) is 0.427. The van der Waals surface area contributed by atoms with Crippen molar-refractivity contribution in [2.75, 3.05) is 7.11 Å². The van der Waals surface area contributed by atoms with Crippen molar-refractivity contribution in [3.8, 4) is 5.75 Å². The number of aromatic nitrogens is 1. The van der Waals surface area contributed by atoms with Crippen molar-refractivity contribution in [1.82, 2.24) is 4.57 Å². The molecule has 9 heteroatoms. The van der Waals surface area contributed by atoms with E-state index in [9.17, 15) is 9.59 Å². The van der Waals surface area contributed by atoms with Gasteiger partial charge in [0.2, 0.25) is 0 Å². The molecule has 1 atom stereocenters. The van der Waals surface area contributed by atoms with Gasteiger partial charge in [-0.2, -0.15) is 0 Å². The average Bonchev–Trinajstić information content (AvgIpc) is 3.07. The number of rotatable bonds is 5. The highest BCUT2D eigenvalue weighted by Gasteiger charge is 2.33. The summed E-state index contributed by atoms with van der Waals surface area (Å²) in [5, 5.41) is 0.563. The molecule has 0 N–H and O–H groups in total. The van der Waals surface area contributed by atoms with Gasteiger partial charge in [-0.05, 0) is 78.2 Å². The first kappa shape index (κ1) is 24.4. The van der Waals surface area contributed by atoms with Crippen molar-refractivity contribution in [2.24, 2.45) is 4.99 Å². The fourth-order valence-electron chi connectivity index (χ4n) is 3.74. The largest absolute Gasteiger partial charge is 0.496 e. The van der Waals surface area contributed by atoms with Crippen molar-refractivity contribution >= 4 is 50.9 Å². The fraction of sp³-hybridized carbons (Fsp3) is 0.240. The number of carbonyl (C=O) groups is 1. The number of allylic oxidation sites excluding steroid dienone is 1. The summed E-state index contributed by atoms with van der Waals surface area (Å²) in [5.74, 6) is 0.204. The van der Waals surface area contributed by atoms with E-state index in [-0.39, 0.29) is 11.7 Å². The van der Waals surface area contributed by atoms with Crippen LogP contribution in [0.1, 0.15) is 37.9 Å². The van der Waals surface area contributed by atoms with Gasteiger partial charge in [-0.25, -0.2) is 9.79 Å². The van der Waals surface area contributed by atoms with E-state index in [1.807, 2.05) is 30.3 Å². The highest BCUT2D eigenvalue weighted by molar-refractivity contribution is 9.10. The van der Waals surface area contributed by atoms with Crippen LogP contribution in [0.25, 0.3) is 6.08 Å². The molecule has 1 aromatic heterocycles. The highest BCUT2D eigenvalue weighted by atomic mass is 79.9. The van der Waals surface area contributed by atoms with Gasteiger partial charge < -0.3 is 9.47 Å². The first-order valence-electron chi connectivity index (χ1n) is 10.5. The Bertz CT molecular complexity index is 1470. The van der Waals surface area contributed by atoms with Gasteiger partial charge in [0.05, 0.1) is 39.5 Å². The number of hydrogen-bond acceptors (Lipinski definition) is 6. The number of ether oxygens (including phenoxy) is 2. The molecule has 2 aromatic carbocycles. The van der Waals surface area contributed by atoms with Crippen LogP contribution in [0.3, 0.4) is 0 Å². The molecule has 176 valence electrons. The number of carbonyl (C=O) groups excluding carboxylic acids is 1. The summed E-state index contributed by atoms with van der Waals surface area (Å²) in [6.45, 7) is 5.33. The Labute approximate surface area is 213 Å². The van der Waals surface area contributed by atoms with Crippen LogP contribution in [-0.4, -0.2) is 23.8 Å². The lowest BCUT2D eigenvalue weighted by Crippen LogP contribution is -2.40. The van der Waals surface area contributed by atoms with E-state index in [0.29, 0.717) is 31.4 Å². The van der Waals surface area contributed by atoms with Crippen LogP contribution in [-0.2, 0) is 9.53 Å². The first-order chi connectivity index (χ1) is 16.2. The van der Waals surface area contributed by atoms with Gasteiger partial charge in [-0.15, -0.1) is 0 Å². The van der Waals surface area contributed by atoms with Crippen LogP contribution in [0.15, 0.2) is 68.0 Å². The summed E-state index contributed by atoms with van der Waals surface area (Å²) in [6.07, 6.45) is 1.50. The molecule has 0 bridgehead atoms. The van der Waals surface area contributed by atoms with E-state index in [2.05, 4.69) is 20.9 Å². The van der Waals surface area contributed by atoms with Crippen LogP contribution < -0.4 is 19.6 Å². The van der Waals surface area contributed by atoms with Crippen molar-refractivity contribution in [1.29, 1.82) is 0 Å². The molecule has 4 rings (SSSR count). The third-order valence-corrected chi connectivity index (χ3v) is 7.10. The number of esters is 1. The van der Waals surface area contributed by atoms with E-state index in [1.54, 1.807) is 50.7 Å². The second-order valence-electron chi connectivity index (χ2n) is 7.98. The molecule has 0 fully saturated rings. The van der Waals surface area contributed by atoms with Gasteiger partial charge in [-0.3, -0.25) is 9.36 Å². The molecular weight excluding hydrogens is 540 g/mol. The topological polar surface area (TPSA) is 69.9 Å². The molecular formula is C25H22BrClN2O4S. The Morgan fingerprint density at radius 2 is 1.94 bits per heavy atom. The minimum absolute atomic E-state index is 0.238. The smallest absolute Gasteiger partial charge is 0.338 e. The lowest BCUT2D eigenvalue weighted by atomic mass is 9.96. The highest BCUT2D eigenvalue weighted by Crippen LogP contribution is 2.31. The van der Waals surface area contributed by atoms with Crippen LogP contribution >= 0.6 is 38.9 Å². The Morgan fingerprint density at radius 1 is 1.24 bits per heavy atom. The first-order valence-corrected chi connectivity index (χ1v) is 12.5. The fourth-order valence-corrected chi connectivity index (χ4v) is 5.48. The van der Waals surface area contributed by atoms with Crippen LogP contribution in [0.2, 0.25) is 5.02 Å². The van der Waals surface area contributed by atoms with Gasteiger partial charge in [0, 0.05) is 5.02 Å². The molecule has 0 radical (unpaired) electrons. The van der Waals surface area contributed by atoms with Gasteiger partial charge in [0.25, 0.3) is 5.56 Å². The van der Waals surface area contributed by atoms with Gasteiger partial charge >= 0.3 is 5.97 Å². The molecule has 0 amide bonds. The molecule has 0 spiro atoms. The van der Waals surface area contributed by atoms with E-state index in [4.69, 9.17) is 21.1 Å². The molecule has 2 heterocycles. The number of hydrogen-bond donors (Lipinski definition) is 0. The number of fused-ring (bicyclic) bond motifs is 1. The Hall–Kier alpha value is -2.68. The maximum absolute atomic E-state index is 13.6. The predicted molar refractivity (Wildman–Crippen MR) is 137 cm³/mol. The number of thiazole rings is 1. The lowest BCUT2D eigenvalue weighted by molar-refractivity contribution is -0.143. The molecule has 0 aliphatic carbocycles. The van der Waals surface area contributed by atoms with Crippen molar-refractivity contribution in [3.05, 3.63) is 94.0 Å². The molecule has 1 aliphatic rings. The maximum Gasteiger partial charge on any atom is 0.338 e. The summed E-state index contributed by atoms with van der Waals surface area (Å²) >= 11 is 10.9. The SMILES string of the molecule is COc1ccc(/C=c2/sc3n(c2=O)C(c2ccc(Cl)cc2)C(C(=O)OC(C)C)=C(C)N=3)cc1Br. The zero-order valence-corrected chi connectivity index (χ0v) is 22.1. The van der Waals surface area contributed by atoms with Crippen molar-refractivity contribution < 1.29 is 14.3 Å². The number of benzene rings is 2. The number of halogens is 2. The average molecular weight is 562 g/mol. The Kier molecular flexibility index (Phi) is 7.12. The lowest BCUT2D eigenvalue weighted by Gasteiger charge is -2.25. The summed E-state index contributed by atoms with van der Waals surface area (Å²) < 4.78 is 13.6. The Balaban J connectivity index is 1.92. The molecule has 6 nitrogen and oxygen atoms in total. The third kappa shape index (κ3) is 4.76. The third-order valence-electron chi connectivity index (χ3n) is 5.24. The minimum atomic E-state index is -0.676. The Morgan fingerprint density at radius 3 is 2.56 bits per heavy atom. The molecule has 34 heavy (non-hydrogen) atoms. The van der Waals surface area contributed by atoms with E-state index >= 15 is 0 Å². The number of methoxy groups -OCH3 is 1. The minimum Gasteiger partial charge on any atom is -0.496 e. The summed E-state index contributed by atoms with van der Waals surface area (Å²) in [4.78, 5) is 31.8. The monoisotopic (exact) mass is 560 g/mol. The number of nitrogens with zero attached hydrogens (tertiary/aromatic N) is 2. The van der Waals surface area contributed by atoms with Crippen molar-refractivity contribution in [3.63, 3.8) is 0 Å². The summed E-state index contributed by atoms with van der Waals surface area (Å²) in [5.41, 5.74) is 2.19. The van der Waals surface area contributed by atoms with E-state index in [0.717, 1.165) is 15.6 Å². The second-order valence-corrected chi connectivity index (χ2v) is 10.3. The van der Waals surface area contributed by atoms with Gasteiger partial charge in [-0.1, -0.05) is 41.1 Å². The maximum atomic E-state index is 13.6. The normalized spacial score (nSPS) is 15.9. The standard InChI is InChI=1S/C25H22BrClN2O4S/c1-13(2)33-24(31)21-14(3)28-25-29(22(21)16-6-8-17(27)9-7-16)23(30)20(34-25)12-15-5-10-19(32-4)18(26)11-15/h5-13,22H,1-4H3/b20-12+. The van der Waals surface area contributed by atoms with Crippen LogP contribution in [0, 0.1) is 0 Å².